The number of nitrogens with zero attached hydrogens (tertiary/aromatic N) is 3. The number of imidazole rings is 1. The lowest BCUT2D eigenvalue weighted by Crippen LogP contribution is -2.34. The molecule has 0 saturated heterocycles. The smallest absolute Gasteiger partial charge is 0.307 e. The van der Waals surface area contributed by atoms with Crippen LogP contribution in [0.3, 0.4) is 0 Å². The van der Waals surface area contributed by atoms with E-state index in [0.29, 0.717) is 18.1 Å². The van der Waals surface area contributed by atoms with Gasteiger partial charge in [-0.05, 0) is 19.1 Å². The van der Waals surface area contributed by atoms with Crippen LogP contribution in [0.5, 0.6) is 0 Å². The Morgan fingerprint density at radius 2 is 2.24 bits per heavy atom. The van der Waals surface area contributed by atoms with Crippen molar-refractivity contribution in [1.29, 1.82) is 0 Å². The summed E-state index contributed by atoms with van der Waals surface area (Å²) in [5.41, 5.74) is 0.338. The fourth-order valence-corrected chi connectivity index (χ4v) is 1.79. The van der Waals surface area contributed by atoms with Gasteiger partial charge in [-0.3, -0.25) is 14.5 Å². The predicted molar refractivity (Wildman–Crippen MR) is 75.8 cm³/mol. The van der Waals surface area contributed by atoms with Gasteiger partial charge in [0.2, 0.25) is 0 Å². The standard InChI is InChI=1S/C14H16N4O3/c1-2-21-13(19)6-8-18(12-5-3-4-7-16-12)14(20)11-9-15-10-17-11/h3-5,7,9-10H,2,6,8H2,1H3,(H,15,17). The summed E-state index contributed by atoms with van der Waals surface area (Å²) >= 11 is 0. The van der Waals surface area contributed by atoms with E-state index in [-0.39, 0.29) is 24.8 Å². The summed E-state index contributed by atoms with van der Waals surface area (Å²) in [5, 5.41) is 0. The van der Waals surface area contributed by atoms with E-state index in [1.165, 1.54) is 17.4 Å². The van der Waals surface area contributed by atoms with Crippen LogP contribution < -0.4 is 4.90 Å². The molecule has 0 radical (unpaired) electrons. The first-order chi connectivity index (χ1) is 10.2. The van der Waals surface area contributed by atoms with Gasteiger partial charge in [0, 0.05) is 12.7 Å². The number of hydrogen-bond donors (Lipinski definition) is 1. The van der Waals surface area contributed by atoms with Crippen molar-refractivity contribution in [3.8, 4) is 0 Å². The number of anilines is 1. The molecule has 7 heteroatoms. The summed E-state index contributed by atoms with van der Waals surface area (Å²) in [4.78, 5) is 36.1. The molecule has 0 bridgehead atoms. The molecule has 0 aliphatic carbocycles. The number of esters is 1. The number of ether oxygens (including phenoxy) is 1. The third kappa shape index (κ3) is 3.88. The second-order valence-electron chi connectivity index (χ2n) is 4.17. The Morgan fingerprint density at radius 3 is 2.86 bits per heavy atom. The topological polar surface area (TPSA) is 88.2 Å². The van der Waals surface area contributed by atoms with Crippen molar-refractivity contribution in [2.75, 3.05) is 18.1 Å². The van der Waals surface area contributed by atoms with E-state index in [1.807, 2.05) is 0 Å². The van der Waals surface area contributed by atoms with E-state index in [0.717, 1.165) is 0 Å². The van der Waals surface area contributed by atoms with E-state index in [1.54, 1.807) is 31.3 Å². The normalized spacial score (nSPS) is 10.1. The maximum Gasteiger partial charge on any atom is 0.307 e. The third-order valence-corrected chi connectivity index (χ3v) is 2.74. The maximum absolute atomic E-state index is 12.4. The zero-order chi connectivity index (χ0) is 15.1. The highest BCUT2D eigenvalue weighted by molar-refractivity contribution is 6.04. The molecular weight excluding hydrogens is 272 g/mol. The number of rotatable bonds is 6. The number of pyridine rings is 1. The van der Waals surface area contributed by atoms with Gasteiger partial charge in [-0.2, -0.15) is 0 Å². The minimum absolute atomic E-state index is 0.101. The molecule has 0 fully saturated rings. The van der Waals surface area contributed by atoms with Crippen molar-refractivity contribution in [1.82, 2.24) is 15.0 Å². The molecule has 0 saturated carbocycles. The average Bonchev–Trinajstić information content (AvgIpc) is 3.03. The highest BCUT2D eigenvalue weighted by Crippen LogP contribution is 2.13. The van der Waals surface area contributed by atoms with Crippen molar-refractivity contribution in [3.05, 3.63) is 42.6 Å². The monoisotopic (exact) mass is 288 g/mol. The quantitative estimate of drug-likeness (QED) is 0.812. The molecule has 0 unspecified atom stereocenters. The van der Waals surface area contributed by atoms with Gasteiger partial charge in [0.25, 0.3) is 5.91 Å². The van der Waals surface area contributed by atoms with Crippen LogP contribution >= 0.6 is 0 Å². The van der Waals surface area contributed by atoms with Crippen LogP contribution in [0.4, 0.5) is 5.82 Å². The Labute approximate surface area is 122 Å². The highest BCUT2D eigenvalue weighted by Gasteiger charge is 2.20. The molecule has 0 aliphatic rings. The van der Waals surface area contributed by atoms with E-state index >= 15 is 0 Å². The van der Waals surface area contributed by atoms with Crippen LogP contribution in [0.15, 0.2) is 36.9 Å². The van der Waals surface area contributed by atoms with Crippen molar-refractivity contribution in [2.45, 2.75) is 13.3 Å². The fraction of sp³-hybridized carbons (Fsp3) is 0.286. The lowest BCUT2D eigenvalue weighted by Gasteiger charge is -2.20. The summed E-state index contributed by atoms with van der Waals surface area (Å²) in [7, 11) is 0. The molecule has 1 amide bonds. The summed E-state index contributed by atoms with van der Waals surface area (Å²) in [6.45, 7) is 2.24. The molecule has 7 nitrogen and oxygen atoms in total. The average molecular weight is 288 g/mol. The number of hydrogen-bond acceptors (Lipinski definition) is 5. The number of nitrogens with one attached hydrogen (secondary N) is 1. The van der Waals surface area contributed by atoms with Crippen molar-refractivity contribution >= 4 is 17.7 Å². The number of H-pyrrole nitrogens is 1. The van der Waals surface area contributed by atoms with Crippen molar-refractivity contribution < 1.29 is 14.3 Å². The van der Waals surface area contributed by atoms with Crippen LogP contribution in [0.25, 0.3) is 0 Å². The van der Waals surface area contributed by atoms with Gasteiger partial charge in [0.15, 0.2) is 0 Å². The van der Waals surface area contributed by atoms with Crippen molar-refractivity contribution in [3.63, 3.8) is 0 Å². The summed E-state index contributed by atoms with van der Waals surface area (Å²) in [6.07, 6.45) is 4.55. The molecule has 21 heavy (non-hydrogen) atoms. The van der Waals surface area contributed by atoms with Gasteiger partial charge < -0.3 is 9.72 Å². The minimum atomic E-state index is -0.351. The van der Waals surface area contributed by atoms with Gasteiger partial charge >= 0.3 is 5.97 Å². The Kier molecular flexibility index (Phi) is 5.03. The zero-order valence-electron chi connectivity index (χ0n) is 11.7. The minimum Gasteiger partial charge on any atom is -0.466 e. The number of aromatic nitrogens is 3. The molecule has 2 heterocycles. The Balaban J connectivity index is 2.15. The van der Waals surface area contributed by atoms with Crippen LogP contribution in [0.2, 0.25) is 0 Å². The van der Waals surface area contributed by atoms with Crippen LogP contribution in [0, 0.1) is 0 Å². The molecule has 2 rings (SSSR count). The molecule has 0 aromatic carbocycles. The van der Waals surface area contributed by atoms with Gasteiger partial charge in [0.05, 0.1) is 25.6 Å². The maximum atomic E-state index is 12.4. The molecule has 0 spiro atoms. The summed E-state index contributed by atoms with van der Waals surface area (Å²) in [5.74, 6) is -0.173. The summed E-state index contributed by atoms with van der Waals surface area (Å²) < 4.78 is 4.88. The molecule has 0 atom stereocenters. The Hall–Kier alpha value is -2.70. The van der Waals surface area contributed by atoms with Crippen LogP contribution in [-0.2, 0) is 9.53 Å². The first-order valence-corrected chi connectivity index (χ1v) is 6.59. The molecular formula is C14H16N4O3. The third-order valence-electron chi connectivity index (χ3n) is 2.74. The number of aromatic amines is 1. The molecule has 0 aliphatic heterocycles. The SMILES string of the molecule is CCOC(=O)CCN(C(=O)c1cnc[nH]1)c1ccccn1. The number of carbonyl (C=O) groups is 2. The summed E-state index contributed by atoms with van der Waals surface area (Å²) in [6, 6.07) is 5.24. The molecule has 110 valence electrons. The molecule has 1 N–H and O–H groups in total. The highest BCUT2D eigenvalue weighted by atomic mass is 16.5. The Morgan fingerprint density at radius 1 is 1.38 bits per heavy atom. The van der Waals surface area contributed by atoms with Crippen molar-refractivity contribution in [2.24, 2.45) is 0 Å². The van der Waals surface area contributed by atoms with Gasteiger partial charge in [-0.15, -0.1) is 0 Å². The molecule has 2 aromatic heterocycles. The second kappa shape index (κ2) is 7.18. The van der Waals surface area contributed by atoms with Gasteiger partial charge in [-0.25, -0.2) is 9.97 Å². The molecule has 2 aromatic rings. The zero-order valence-corrected chi connectivity index (χ0v) is 11.7. The van der Waals surface area contributed by atoms with E-state index in [4.69, 9.17) is 4.74 Å². The largest absolute Gasteiger partial charge is 0.466 e. The van der Waals surface area contributed by atoms with Gasteiger partial charge in [-0.1, -0.05) is 6.07 Å². The Bertz CT molecular complexity index is 584. The van der Waals surface area contributed by atoms with Crippen LogP contribution in [-0.4, -0.2) is 40.0 Å². The predicted octanol–water partition coefficient (Wildman–Crippen LogP) is 1.40. The second-order valence-corrected chi connectivity index (χ2v) is 4.17. The van der Waals surface area contributed by atoms with Crippen LogP contribution in [0.1, 0.15) is 23.8 Å². The van der Waals surface area contributed by atoms with E-state index in [2.05, 4.69) is 15.0 Å². The number of amides is 1. The first kappa shape index (κ1) is 14.7. The first-order valence-electron chi connectivity index (χ1n) is 6.59. The lowest BCUT2D eigenvalue weighted by molar-refractivity contribution is -0.142. The fourth-order valence-electron chi connectivity index (χ4n) is 1.79. The van der Waals surface area contributed by atoms with E-state index < -0.39 is 0 Å². The number of carbonyl (C=O) groups excluding carboxylic acids is 2. The van der Waals surface area contributed by atoms with Gasteiger partial charge in [0.1, 0.15) is 11.5 Å². The van der Waals surface area contributed by atoms with E-state index in [9.17, 15) is 9.59 Å². The lowest BCUT2D eigenvalue weighted by atomic mass is 10.3.